The van der Waals surface area contributed by atoms with Crippen LogP contribution in [0.3, 0.4) is 0 Å². The molecule has 0 radical (unpaired) electrons. The number of nitrogens with zero attached hydrogens (tertiary/aromatic N) is 1. The lowest BCUT2D eigenvalue weighted by atomic mass is 9.88. The van der Waals surface area contributed by atoms with Gasteiger partial charge in [-0.2, -0.15) is 0 Å². The molecule has 3 nitrogen and oxygen atoms in total. The number of hydrazine groups is 1. The maximum atomic E-state index is 11.5. The second-order valence-corrected chi connectivity index (χ2v) is 4.05. The first-order valence-electron chi connectivity index (χ1n) is 4.67. The van der Waals surface area contributed by atoms with Crippen molar-refractivity contribution in [2.24, 2.45) is 5.92 Å². The van der Waals surface area contributed by atoms with Crippen molar-refractivity contribution in [1.82, 2.24) is 10.4 Å². The Morgan fingerprint density at radius 3 is 2.54 bits per heavy atom. The standard InChI is InChI=1S/C10H18N2O/c1-7-5-9(11-12(3)4)8(2)10(13)6-7/h7,11H,5-6H2,1-4H3. The molecule has 0 amide bonds. The molecule has 1 unspecified atom stereocenters. The van der Waals surface area contributed by atoms with Crippen LogP contribution in [0.2, 0.25) is 0 Å². The maximum Gasteiger partial charge on any atom is 0.160 e. The highest BCUT2D eigenvalue weighted by molar-refractivity contribution is 5.96. The number of carbonyl (C=O) groups excluding carboxylic acids is 1. The lowest BCUT2D eigenvalue weighted by Crippen LogP contribution is -2.34. The van der Waals surface area contributed by atoms with E-state index in [0.29, 0.717) is 12.3 Å². The van der Waals surface area contributed by atoms with E-state index in [4.69, 9.17) is 0 Å². The normalized spacial score (nSPS) is 24.1. The van der Waals surface area contributed by atoms with Crippen molar-refractivity contribution < 1.29 is 4.79 Å². The highest BCUT2D eigenvalue weighted by Gasteiger charge is 2.22. The number of rotatable bonds is 2. The van der Waals surface area contributed by atoms with Crippen LogP contribution in [0.5, 0.6) is 0 Å². The number of hydrogen-bond donors (Lipinski definition) is 1. The van der Waals surface area contributed by atoms with Gasteiger partial charge in [-0.25, -0.2) is 5.01 Å². The minimum atomic E-state index is 0.281. The molecule has 0 saturated heterocycles. The van der Waals surface area contributed by atoms with Crippen LogP contribution in [-0.4, -0.2) is 24.9 Å². The molecule has 1 atom stereocenters. The molecule has 0 aliphatic heterocycles. The predicted molar refractivity (Wildman–Crippen MR) is 52.9 cm³/mol. The molecule has 13 heavy (non-hydrogen) atoms. The first kappa shape index (κ1) is 10.3. The van der Waals surface area contributed by atoms with Gasteiger partial charge in [0.2, 0.25) is 0 Å². The minimum Gasteiger partial charge on any atom is -0.323 e. The molecule has 1 rings (SSSR count). The number of allylic oxidation sites excluding steroid dienone is 2. The van der Waals surface area contributed by atoms with Crippen LogP contribution >= 0.6 is 0 Å². The Morgan fingerprint density at radius 2 is 2.00 bits per heavy atom. The zero-order chi connectivity index (χ0) is 10.0. The van der Waals surface area contributed by atoms with Crippen LogP contribution in [-0.2, 0) is 4.79 Å². The SMILES string of the molecule is CC1=C(NN(C)C)CC(C)CC1=O. The second-order valence-electron chi connectivity index (χ2n) is 4.05. The van der Waals surface area contributed by atoms with Gasteiger partial charge < -0.3 is 5.43 Å². The summed E-state index contributed by atoms with van der Waals surface area (Å²) in [6.45, 7) is 4.02. The number of ketones is 1. The largest absolute Gasteiger partial charge is 0.323 e. The molecule has 1 aliphatic carbocycles. The van der Waals surface area contributed by atoms with Gasteiger partial charge in [-0.15, -0.1) is 0 Å². The molecule has 0 saturated carbocycles. The van der Waals surface area contributed by atoms with E-state index in [1.165, 1.54) is 0 Å². The minimum absolute atomic E-state index is 0.281. The number of Topliss-reactive ketones (excluding diaryl/α,β-unsaturated/α-hetero) is 1. The molecule has 0 spiro atoms. The van der Waals surface area contributed by atoms with Gasteiger partial charge in [-0.3, -0.25) is 4.79 Å². The highest BCUT2D eigenvalue weighted by Crippen LogP contribution is 2.24. The van der Waals surface area contributed by atoms with Gasteiger partial charge in [0.05, 0.1) is 0 Å². The molecule has 3 heteroatoms. The summed E-state index contributed by atoms with van der Waals surface area (Å²) in [5, 5.41) is 1.88. The molecular formula is C10H18N2O. The van der Waals surface area contributed by atoms with Crippen molar-refractivity contribution >= 4 is 5.78 Å². The van der Waals surface area contributed by atoms with E-state index in [1.54, 1.807) is 0 Å². The van der Waals surface area contributed by atoms with Crippen LogP contribution in [0.4, 0.5) is 0 Å². The average Bonchev–Trinajstić information content (AvgIpc) is 1.98. The van der Waals surface area contributed by atoms with Gasteiger partial charge in [-0.1, -0.05) is 6.92 Å². The predicted octanol–water partition coefficient (Wildman–Crippen LogP) is 1.33. The zero-order valence-electron chi connectivity index (χ0n) is 8.85. The number of carbonyl (C=O) groups is 1. The number of hydrogen-bond acceptors (Lipinski definition) is 3. The van der Waals surface area contributed by atoms with E-state index < -0.39 is 0 Å². The summed E-state index contributed by atoms with van der Waals surface area (Å²) in [5.41, 5.74) is 5.16. The van der Waals surface area contributed by atoms with Gasteiger partial charge in [0.1, 0.15) is 0 Å². The van der Waals surface area contributed by atoms with E-state index >= 15 is 0 Å². The first-order valence-corrected chi connectivity index (χ1v) is 4.67. The fraction of sp³-hybridized carbons (Fsp3) is 0.700. The monoisotopic (exact) mass is 182 g/mol. The highest BCUT2D eigenvalue weighted by atomic mass is 16.1. The van der Waals surface area contributed by atoms with E-state index in [2.05, 4.69) is 12.3 Å². The lowest BCUT2D eigenvalue weighted by Gasteiger charge is -2.25. The average molecular weight is 182 g/mol. The van der Waals surface area contributed by atoms with Gasteiger partial charge in [0, 0.05) is 31.8 Å². The zero-order valence-corrected chi connectivity index (χ0v) is 8.85. The van der Waals surface area contributed by atoms with Crippen molar-refractivity contribution in [3.8, 4) is 0 Å². The summed E-state index contributed by atoms with van der Waals surface area (Å²) < 4.78 is 0. The first-order chi connectivity index (χ1) is 6.00. The molecule has 0 heterocycles. The Morgan fingerprint density at radius 1 is 1.38 bits per heavy atom. The van der Waals surface area contributed by atoms with Crippen molar-refractivity contribution in [2.75, 3.05) is 14.1 Å². The van der Waals surface area contributed by atoms with Crippen LogP contribution < -0.4 is 5.43 Å². The summed E-state index contributed by atoms with van der Waals surface area (Å²) >= 11 is 0. The Balaban J connectivity index is 2.78. The Bertz CT molecular complexity index is 243. The molecule has 1 N–H and O–H groups in total. The molecule has 1 aliphatic rings. The molecule has 0 aromatic carbocycles. The summed E-state index contributed by atoms with van der Waals surface area (Å²) in [5.74, 6) is 0.752. The topological polar surface area (TPSA) is 32.3 Å². The third kappa shape index (κ3) is 2.56. The Labute approximate surface area is 79.8 Å². The molecule has 0 aromatic rings. The van der Waals surface area contributed by atoms with Crippen LogP contribution in [0.25, 0.3) is 0 Å². The third-order valence-electron chi connectivity index (χ3n) is 2.32. The maximum absolute atomic E-state index is 11.5. The van der Waals surface area contributed by atoms with Gasteiger partial charge in [0.15, 0.2) is 5.78 Å². The second kappa shape index (κ2) is 3.92. The fourth-order valence-electron chi connectivity index (χ4n) is 1.61. The summed E-state index contributed by atoms with van der Waals surface area (Å²) in [6, 6.07) is 0. The van der Waals surface area contributed by atoms with Crippen LogP contribution in [0.15, 0.2) is 11.3 Å². The quantitative estimate of drug-likeness (QED) is 0.654. The van der Waals surface area contributed by atoms with Crippen LogP contribution in [0, 0.1) is 5.92 Å². The van der Waals surface area contributed by atoms with E-state index in [9.17, 15) is 4.79 Å². The molecule has 74 valence electrons. The molecule has 0 fully saturated rings. The molecule has 0 bridgehead atoms. The Hall–Kier alpha value is -0.830. The fourth-order valence-corrected chi connectivity index (χ4v) is 1.61. The van der Waals surface area contributed by atoms with Gasteiger partial charge in [-0.05, 0) is 19.3 Å². The van der Waals surface area contributed by atoms with Gasteiger partial charge >= 0.3 is 0 Å². The lowest BCUT2D eigenvalue weighted by molar-refractivity contribution is -0.116. The summed E-state index contributed by atoms with van der Waals surface area (Å²) in [4.78, 5) is 11.5. The third-order valence-corrected chi connectivity index (χ3v) is 2.32. The summed E-state index contributed by atoms with van der Waals surface area (Å²) in [6.07, 6.45) is 1.68. The van der Waals surface area contributed by atoms with E-state index in [0.717, 1.165) is 17.7 Å². The van der Waals surface area contributed by atoms with Crippen LogP contribution in [0.1, 0.15) is 26.7 Å². The van der Waals surface area contributed by atoms with Crippen molar-refractivity contribution in [1.29, 1.82) is 0 Å². The van der Waals surface area contributed by atoms with Crippen molar-refractivity contribution in [2.45, 2.75) is 26.7 Å². The molecule has 0 aromatic heterocycles. The van der Waals surface area contributed by atoms with E-state index in [1.807, 2.05) is 26.0 Å². The number of nitrogens with one attached hydrogen (secondary N) is 1. The molecular weight excluding hydrogens is 164 g/mol. The smallest absolute Gasteiger partial charge is 0.160 e. The van der Waals surface area contributed by atoms with E-state index in [-0.39, 0.29) is 5.78 Å². The summed E-state index contributed by atoms with van der Waals surface area (Å²) in [7, 11) is 3.87. The van der Waals surface area contributed by atoms with Crippen molar-refractivity contribution in [3.63, 3.8) is 0 Å². The van der Waals surface area contributed by atoms with Gasteiger partial charge in [0.25, 0.3) is 0 Å². The van der Waals surface area contributed by atoms with Crippen molar-refractivity contribution in [3.05, 3.63) is 11.3 Å². The Kier molecular flexibility index (Phi) is 3.09.